The molecule has 144 valence electrons. The van der Waals surface area contributed by atoms with Crippen molar-refractivity contribution in [1.29, 1.82) is 0 Å². The molecule has 0 saturated carbocycles. The number of benzene rings is 2. The molecule has 4 aromatic rings. The first kappa shape index (κ1) is 19.2. The highest BCUT2D eigenvalue weighted by Gasteiger charge is 2.23. The molecule has 0 aliphatic rings. The first-order chi connectivity index (χ1) is 13.3. The van der Waals surface area contributed by atoms with Crippen molar-refractivity contribution in [3.8, 4) is 0 Å². The van der Waals surface area contributed by atoms with E-state index in [1.807, 2.05) is 0 Å². The van der Waals surface area contributed by atoms with Gasteiger partial charge in [0.15, 0.2) is 11.3 Å². The summed E-state index contributed by atoms with van der Waals surface area (Å²) in [6, 6.07) is 9.70. The number of nitrogens with zero attached hydrogens (tertiary/aromatic N) is 4. The Hall–Kier alpha value is -2.14. The second kappa shape index (κ2) is 7.36. The normalized spacial score (nSPS) is 11.8. The maximum atomic E-state index is 12.8. The molecular weight excluding hydrogens is 493 g/mol. The number of anilines is 1. The predicted octanol–water partition coefficient (Wildman–Crippen LogP) is 4.34. The lowest BCUT2D eigenvalue weighted by molar-refractivity contribution is 0.315. The second-order valence-electron chi connectivity index (χ2n) is 5.75. The van der Waals surface area contributed by atoms with Crippen molar-refractivity contribution in [2.45, 2.75) is 11.4 Å². The highest BCUT2D eigenvalue weighted by Crippen LogP contribution is 2.27. The molecule has 8 nitrogen and oxygen atoms in total. The number of hydrogen-bond acceptors (Lipinski definition) is 6. The lowest BCUT2D eigenvalue weighted by atomic mass is 10.2. The van der Waals surface area contributed by atoms with Gasteiger partial charge in [-0.2, -0.15) is 5.10 Å². The number of sulfonamides is 1. The first-order valence-corrected chi connectivity index (χ1v) is 10.8. The molecule has 0 fully saturated rings. The van der Waals surface area contributed by atoms with Crippen molar-refractivity contribution in [1.82, 2.24) is 20.1 Å². The van der Waals surface area contributed by atoms with Gasteiger partial charge in [-0.25, -0.2) is 13.0 Å². The quantitative estimate of drug-likeness (QED) is 0.435. The molecule has 0 radical (unpaired) electrons. The van der Waals surface area contributed by atoms with Gasteiger partial charge in [-0.1, -0.05) is 35.3 Å². The molecule has 0 amide bonds. The first-order valence-electron chi connectivity index (χ1n) is 7.74. The molecule has 0 spiro atoms. The third-order valence-electron chi connectivity index (χ3n) is 3.83. The van der Waals surface area contributed by atoms with E-state index >= 15 is 0 Å². The number of nitrogens with one attached hydrogen (secondary N) is 1. The summed E-state index contributed by atoms with van der Waals surface area (Å²) in [6.45, 7) is 0.332. The van der Waals surface area contributed by atoms with Gasteiger partial charge < -0.3 is 0 Å². The Kier molecular flexibility index (Phi) is 5.04. The smallest absolute Gasteiger partial charge is 0.265 e. The fraction of sp³-hybridized carbons (Fsp3) is 0.0625. The summed E-state index contributed by atoms with van der Waals surface area (Å²) in [5.41, 5.74) is 1.26. The lowest BCUT2D eigenvalue weighted by Crippen LogP contribution is -2.14. The molecule has 28 heavy (non-hydrogen) atoms. The van der Waals surface area contributed by atoms with Crippen LogP contribution in [0.25, 0.3) is 11.0 Å². The van der Waals surface area contributed by atoms with Crippen LogP contribution < -0.4 is 4.72 Å². The van der Waals surface area contributed by atoms with Crippen LogP contribution in [0.2, 0.25) is 10.0 Å². The third kappa shape index (κ3) is 3.72. The van der Waals surface area contributed by atoms with Gasteiger partial charge in [0.25, 0.3) is 10.0 Å². The van der Waals surface area contributed by atoms with Crippen LogP contribution in [0.3, 0.4) is 0 Å². The molecule has 0 bridgehead atoms. The second-order valence-corrected chi connectivity index (χ2v) is 9.10. The van der Waals surface area contributed by atoms with Crippen LogP contribution in [0.4, 0.5) is 5.82 Å². The largest absolute Gasteiger partial charge is 0.265 e. The molecule has 2 heterocycles. The van der Waals surface area contributed by atoms with Crippen molar-refractivity contribution in [2.24, 2.45) is 0 Å². The Bertz CT molecular complexity index is 1290. The van der Waals surface area contributed by atoms with Crippen LogP contribution in [0.5, 0.6) is 0 Å². The summed E-state index contributed by atoms with van der Waals surface area (Å²) in [7, 11) is -3.97. The van der Waals surface area contributed by atoms with Crippen LogP contribution in [0, 0.1) is 0 Å². The van der Waals surface area contributed by atoms with Crippen LogP contribution in [-0.2, 0) is 16.6 Å². The summed E-state index contributed by atoms with van der Waals surface area (Å²) < 4.78 is 34.7. The van der Waals surface area contributed by atoms with Gasteiger partial charge in [0.05, 0.1) is 11.0 Å². The zero-order valence-electron chi connectivity index (χ0n) is 13.8. The number of hydrogen-bond donors (Lipinski definition) is 1. The maximum Gasteiger partial charge on any atom is 0.265 e. The fourth-order valence-electron chi connectivity index (χ4n) is 2.55. The van der Waals surface area contributed by atoms with Crippen LogP contribution in [0.1, 0.15) is 5.56 Å². The Balaban J connectivity index is 1.63. The average Bonchev–Trinajstić information content (AvgIpc) is 3.23. The van der Waals surface area contributed by atoms with E-state index in [0.29, 0.717) is 26.6 Å². The van der Waals surface area contributed by atoms with Gasteiger partial charge >= 0.3 is 0 Å². The SMILES string of the molecule is O=S(=O)(Nc1nn(Cc2ccc(Cl)cc2Cl)cc1Br)c1cccc2nonc12. The number of fused-ring (bicyclic) bond motifs is 1. The van der Waals surface area contributed by atoms with Crippen molar-refractivity contribution in [2.75, 3.05) is 4.72 Å². The third-order valence-corrected chi connectivity index (χ3v) is 6.37. The Labute approximate surface area is 177 Å². The van der Waals surface area contributed by atoms with E-state index in [2.05, 4.69) is 40.7 Å². The molecular formula is C16H10BrCl2N5O3S. The number of rotatable bonds is 5. The zero-order valence-corrected chi connectivity index (χ0v) is 17.7. The van der Waals surface area contributed by atoms with Crippen molar-refractivity contribution < 1.29 is 13.0 Å². The minimum absolute atomic E-state index is 0.0616. The Morgan fingerprint density at radius 3 is 2.79 bits per heavy atom. The van der Waals surface area contributed by atoms with Gasteiger partial charge in [-0.05, 0) is 56.1 Å². The van der Waals surface area contributed by atoms with Crippen LogP contribution in [-0.4, -0.2) is 28.5 Å². The molecule has 2 aromatic carbocycles. The van der Waals surface area contributed by atoms with Crippen LogP contribution in [0.15, 0.2) is 56.6 Å². The molecule has 0 saturated heterocycles. The summed E-state index contributed by atoms with van der Waals surface area (Å²) in [5, 5.41) is 12.6. The molecule has 0 aliphatic carbocycles. The molecule has 0 atom stereocenters. The summed E-state index contributed by atoms with van der Waals surface area (Å²) in [6.07, 6.45) is 1.64. The maximum absolute atomic E-state index is 12.8. The predicted molar refractivity (Wildman–Crippen MR) is 108 cm³/mol. The topological polar surface area (TPSA) is 103 Å². The molecule has 4 rings (SSSR count). The van der Waals surface area contributed by atoms with Crippen molar-refractivity contribution in [3.63, 3.8) is 0 Å². The van der Waals surface area contributed by atoms with E-state index in [9.17, 15) is 8.42 Å². The van der Waals surface area contributed by atoms with Gasteiger partial charge in [0.2, 0.25) is 0 Å². The highest BCUT2D eigenvalue weighted by molar-refractivity contribution is 9.10. The summed E-state index contributed by atoms with van der Waals surface area (Å²) in [5.74, 6) is 0.124. The van der Waals surface area contributed by atoms with Crippen LogP contribution >= 0.6 is 39.1 Å². The summed E-state index contributed by atoms with van der Waals surface area (Å²) >= 11 is 15.4. The summed E-state index contributed by atoms with van der Waals surface area (Å²) in [4.78, 5) is -0.0616. The molecule has 2 aromatic heterocycles. The van der Waals surface area contributed by atoms with E-state index in [1.165, 1.54) is 6.07 Å². The van der Waals surface area contributed by atoms with Gasteiger partial charge in [-0.15, -0.1) is 0 Å². The van der Waals surface area contributed by atoms with Crippen molar-refractivity contribution in [3.05, 3.63) is 62.7 Å². The minimum Gasteiger partial charge on any atom is -0.265 e. The van der Waals surface area contributed by atoms with E-state index in [0.717, 1.165) is 5.56 Å². The fourth-order valence-corrected chi connectivity index (χ4v) is 4.74. The Morgan fingerprint density at radius 2 is 2.00 bits per heavy atom. The number of aromatic nitrogens is 4. The van der Waals surface area contributed by atoms with E-state index in [4.69, 9.17) is 23.2 Å². The lowest BCUT2D eigenvalue weighted by Gasteiger charge is -2.07. The number of halogens is 3. The molecule has 0 aliphatic heterocycles. The zero-order chi connectivity index (χ0) is 19.9. The standard InChI is InChI=1S/C16H10BrCl2N5O3S/c17-11-8-24(7-9-4-5-10(18)6-12(9)19)20-16(11)23-28(25,26)14-3-1-2-13-15(14)22-27-21-13/h1-6,8H,7H2,(H,20,23). The average molecular weight is 503 g/mol. The molecule has 12 heteroatoms. The van der Waals surface area contributed by atoms with E-state index < -0.39 is 10.0 Å². The van der Waals surface area contributed by atoms with Gasteiger partial charge in [0.1, 0.15) is 10.4 Å². The molecule has 1 N–H and O–H groups in total. The van der Waals surface area contributed by atoms with Gasteiger partial charge in [0, 0.05) is 16.2 Å². The van der Waals surface area contributed by atoms with Crippen molar-refractivity contribution >= 4 is 66.0 Å². The van der Waals surface area contributed by atoms with E-state index in [-0.39, 0.29) is 16.2 Å². The van der Waals surface area contributed by atoms with Gasteiger partial charge in [-0.3, -0.25) is 9.40 Å². The van der Waals surface area contributed by atoms with E-state index in [1.54, 1.807) is 41.2 Å². The molecule has 0 unspecified atom stereocenters. The minimum atomic E-state index is -3.97. The Morgan fingerprint density at radius 1 is 1.18 bits per heavy atom. The highest BCUT2D eigenvalue weighted by atomic mass is 79.9. The monoisotopic (exact) mass is 501 g/mol.